The van der Waals surface area contributed by atoms with Crippen LogP contribution in [0.4, 0.5) is 15.8 Å². The van der Waals surface area contributed by atoms with Gasteiger partial charge in [-0.2, -0.15) is 0 Å². The smallest absolute Gasteiger partial charge is 0.274 e. The van der Waals surface area contributed by atoms with Crippen molar-refractivity contribution in [3.05, 3.63) is 34.1 Å². The Kier molecular flexibility index (Phi) is 6.03. The number of nitrogens with one attached hydrogen (secondary N) is 1. The van der Waals surface area contributed by atoms with Crippen LogP contribution in [-0.4, -0.2) is 43.5 Å². The Morgan fingerprint density at radius 2 is 2.05 bits per heavy atom. The van der Waals surface area contributed by atoms with E-state index >= 15 is 0 Å². The summed E-state index contributed by atoms with van der Waals surface area (Å²) in [6.07, 6.45) is 1.64. The summed E-state index contributed by atoms with van der Waals surface area (Å²) in [4.78, 5) is 9.94. The van der Waals surface area contributed by atoms with Crippen molar-refractivity contribution in [2.24, 2.45) is 0 Å². The fraction of sp³-hybridized carbons (Fsp3) is 0.500. The summed E-state index contributed by atoms with van der Waals surface area (Å²) in [5, 5.41) is 13.5. The molecule has 7 nitrogen and oxygen atoms in total. The Morgan fingerprint density at radius 1 is 1.38 bits per heavy atom. The maximum Gasteiger partial charge on any atom is 0.274 e. The second kappa shape index (κ2) is 7.32. The Labute approximate surface area is 123 Å². The van der Waals surface area contributed by atoms with Gasteiger partial charge in [-0.3, -0.25) is 10.1 Å². The molecule has 0 aliphatic heterocycles. The highest BCUT2D eigenvalue weighted by Crippen LogP contribution is 2.19. The lowest BCUT2D eigenvalue weighted by Crippen LogP contribution is -2.31. The SMILES string of the molecule is CCN(CCCNc1cc(F)cc([N+](=O)[O-])c1)S(C)(=O)=O. The van der Waals surface area contributed by atoms with E-state index in [1.54, 1.807) is 6.92 Å². The summed E-state index contributed by atoms with van der Waals surface area (Å²) in [5.41, 5.74) is -0.0343. The number of anilines is 1. The monoisotopic (exact) mass is 319 g/mol. The molecule has 0 bridgehead atoms. The first-order valence-corrected chi connectivity index (χ1v) is 8.23. The van der Waals surface area contributed by atoms with Gasteiger partial charge in [0.05, 0.1) is 17.2 Å². The summed E-state index contributed by atoms with van der Waals surface area (Å²) in [6, 6.07) is 3.23. The fourth-order valence-electron chi connectivity index (χ4n) is 1.83. The number of non-ortho nitro benzene ring substituents is 1. The van der Waals surface area contributed by atoms with Crippen molar-refractivity contribution in [1.82, 2.24) is 4.31 Å². The minimum absolute atomic E-state index is 0.295. The van der Waals surface area contributed by atoms with Gasteiger partial charge in [0.15, 0.2) is 0 Å². The largest absolute Gasteiger partial charge is 0.385 e. The first-order chi connectivity index (χ1) is 9.74. The number of sulfonamides is 1. The van der Waals surface area contributed by atoms with Crippen molar-refractivity contribution in [2.75, 3.05) is 31.2 Å². The van der Waals surface area contributed by atoms with Gasteiger partial charge in [-0.05, 0) is 12.5 Å². The van der Waals surface area contributed by atoms with Crippen molar-refractivity contribution in [3.8, 4) is 0 Å². The number of halogens is 1. The predicted molar refractivity (Wildman–Crippen MR) is 78.3 cm³/mol. The molecule has 0 aromatic heterocycles. The number of nitrogens with zero attached hydrogens (tertiary/aromatic N) is 2. The van der Waals surface area contributed by atoms with Crippen LogP contribution in [-0.2, 0) is 10.0 Å². The maximum absolute atomic E-state index is 13.2. The van der Waals surface area contributed by atoms with E-state index in [-0.39, 0.29) is 5.69 Å². The molecule has 0 radical (unpaired) electrons. The van der Waals surface area contributed by atoms with Crippen LogP contribution < -0.4 is 5.32 Å². The minimum atomic E-state index is -3.23. The summed E-state index contributed by atoms with van der Waals surface area (Å²) < 4.78 is 37.3. The van der Waals surface area contributed by atoms with Gasteiger partial charge in [0.25, 0.3) is 5.69 Å². The number of nitro benzene ring substituents is 1. The topological polar surface area (TPSA) is 92.5 Å². The number of benzene rings is 1. The van der Waals surface area contributed by atoms with Gasteiger partial charge in [-0.1, -0.05) is 6.92 Å². The molecule has 1 rings (SSSR count). The zero-order valence-corrected chi connectivity index (χ0v) is 12.7. The number of rotatable bonds is 8. The third-order valence-corrected chi connectivity index (χ3v) is 4.21. The second-order valence-corrected chi connectivity index (χ2v) is 6.47. The van der Waals surface area contributed by atoms with Crippen LogP contribution in [0.3, 0.4) is 0 Å². The van der Waals surface area contributed by atoms with Gasteiger partial charge in [-0.25, -0.2) is 17.1 Å². The summed E-state index contributed by atoms with van der Waals surface area (Å²) in [7, 11) is -3.23. The van der Waals surface area contributed by atoms with E-state index < -0.39 is 20.8 Å². The Balaban J connectivity index is 2.55. The van der Waals surface area contributed by atoms with Gasteiger partial charge >= 0.3 is 0 Å². The molecular weight excluding hydrogens is 301 g/mol. The van der Waals surface area contributed by atoms with E-state index in [1.165, 1.54) is 10.4 Å². The van der Waals surface area contributed by atoms with Crippen molar-refractivity contribution < 1.29 is 17.7 Å². The zero-order chi connectivity index (χ0) is 16.0. The van der Waals surface area contributed by atoms with E-state index in [2.05, 4.69) is 5.32 Å². The summed E-state index contributed by atoms with van der Waals surface area (Å²) in [5.74, 6) is -0.696. The van der Waals surface area contributed by atoms with Crippen LogP contribution >= 0.6 is 0 Å². The molecular formula is C12H18FN3O4S. The van der Waals surface area contributed by atoms with Crippen molar-refractivity contribution in [3.63, 3.8) is 0 Å². The Bertz CT molecular complexity index is 607. The van der Waals surface area contributed by atoms with Gasteiger partial charge in [-0.15, -0.1) is 0 Å². The molecule has 0 unspecified atom stereocenters. The molecule has 0 fully saturated rings. The Morgan fingerprint density at radius 3 is 2.57 bits per heavy atom. The van der Waals surface area contributed by atoms with Crippen molar-refractivity contribution in [1.29, 1.82) is 0 Å². The molecule has 118 valence electrons. The van der Waals surface area contributed by atoms with Crippen LogP contribution in [0.15, 0.2) is 18.2 Å². The molecule has 0 atom stereocenters. The lowest BCUT2D eigenvalue weighted by molar-refractivity contribution is -0.385. The van der Waals surface area contributed by atoms with Crippen LogP contribution in [0.2, 0.25) is 0 Å². The molecule has 21 heavy (non-hydrogen) atoms. The lowest BCUT2D eigenvalue weighted by Gasteiger charge is -2.17. The van der Waals surface area contributed by atoms with Crippen molar-refractivity contribution in [2.45, 2.75) is 13.3 Å². The van der Waals surface area contributed by atoms with Gasteiger partial charge in [0.1, 0.15) is 5.82 Å². The highest BCUT2D eigenvalue weighted by atomic mass is 32.2. The average molecular weight is 319 g/mol. The van der Waals surface area contributed by atoms with E-state index in [0.29, 0.717) is 31.7 Å². The summed E-state index contributed by atoms with van der Waals surface area (Å²) in [6.45, 7) is 2.83. The number of hydrogen-bond acceptors (Lipinski definition) is 5. The first-order valence-electron chi connectivity index (χ1n) is 6.38. The van der Waals surface area contributed by atoms with E-state index in [0.717, 1.165) is 18.4 Å². The van der Waals surface area contributed by atoms with Crippen LogP contribution in [0.1, 0.15) is 13.3 Å². The molecule has 1 N–H and O–H groups in total. The van der Waals surface area contributed by atoms with Gasteiger partial charge < -0.3 is 5.32 Å². The van der Waals surface area contributed by atoms with Crippen LogP contribution in [0, 0.1) is 15.9 Å². The van der Waals surface area contributed by atoms with Crippen LogP contribution in [0.25, 0.3) is 0 Å². The van der Waals surface area contributed by atoms with Gasteiger partial charge in [0, 0.05) is 31.4 Å². The van der Waals surface area contributed by atoms with E-state index in [1.807, 2.05) is 0 Å². The second-order valence-electron chi connectivity index (χ2n) is 4.49. The molecule has 0 amide bonds. The third-order valence-electron chi connectivity index (χ3n) is 2.83. The molecule has 9 heteroatoms. The van der Waals surface area contributed by atoms with Crippen LogP contribution in [0.5, 0.6) is 0 Å². The fourth-order valence-corrected chi connectivity index (χ4v) is 2.76. The minimum Gasteiger partial charge on any atom is -0.385 e. The molecule has 0 saturated heterocycles. The van der Waals surface area contributed by atoms with E-state index in [9.17, 15) is 22.9 Å². The van der Waals surface area contributed by atoms with E-state index in [4.69, 9.17) is 0 Å². The molecule has 0 heterocycles. The molecule has 0 aliphatic carbocycles. The third kappa shape index (κ3) is 5.64. The zero-order valence-electron chi connectivity index (χ0n) is 11.9. The average Bonchev–Trinajstić information content (AvgIpc) is 2.36. The Hall–Kier alpha value is -1.74. The molecule has 0 spiro atoms. The molecule has 0 saturated carbocycles. The predicted octanol–water partition coefficient (Wildman–Crippen LogP) is 1.82. The number of nitro groups is 1. The quantitative estimate of drug-likeness (QED) is 0.448. The molecule has 1 aromatic rings. The summed E-state index contributed by atoms with van der Waals surface area (Å²) >= 11 is 0. The lowest BCUT2D eigenvalue weighted by atomic mass is 10.2. The molecule has 0 aliphatic rings. The van der Waals surface area contributed by atoms with Crippen molar-refractivity contribution >= 4 is 21.4 Å². The number of hydrogen-bond donors (Lipinski definition) is 1. The first kappa shape index (κ1) is 17.3. The highest BCUT2D eigenvalue weighted by molar-refractivity contribution is 7.88. The van der Waals surface area contributed by atoms with Gasteiger partial charge in [0.2, 0.25) is 10.0 Å². The normalized spacial score (nSPS) is 11.6. The highest BCUT2D eigenvalue weighted by Gasteiger charge is 2.13. The maximum atomic E-state index is 13.2. The standard InChI is InChI=1S/C12H18FN3O4S/c1-3-15(21(2,19)20)6-4-5-14-11-7-10(13)8-12(9-11)16(17)18/h7-9,14H,3-6H2,1-2H3. The molecule has 1 aromatic carbocycles.